The summed E-state index contributed by atoms with van der Waals surface area (Å²) < 4.78 is 8.46. The summed E-state index contributed by atoms with van der Waals surface area (Å²) in [6.45, 7) is 0. The number of hydrogen-bond donors (Lipinski definition) is 1. The van der Waals surface area contributed by atoms with E-state index < -0.39 is 0 Å². The minimum atomic E-state index is 0.632. The van der Waals surface area contributed by atoms with E-state index in [1.54, 1.807) is 18.4 Å². The van der Waals surface area contributed by atoms with E-state index in [0.29, 0.717) is 5.82 Å². The van der Waals surface area contributed by atoms with Crippen LogP contribution in [0.1, 0.15) is 0 Å². The number of imidazole rings is 1. The fraction of sp³-hybridized carbons (Fsp3) is 0.0625. The van der Waals surface area contributed by atoms with E-state index in [2.05, 4.69) is 17.5 Å². The molecule has 0 radical (unpaired) electrons. The quantitative estimate of drug-likeness (QED) is 0.612. The Hall–Kier alpha value is -2.53. The first-order valence-electron chi connectivity index (χ1n) is 6.56. The van der Waals surface area contributed by atoms with Crippen molar-refractivity contribution < 1.29 is 4.74 Å². The summed E-state index contributed by atoms with van der Waals surface area (Å²) >= 11 is 1.70. The van der Waals surface area contributed by atoms with E-state index in [9.17, 15) is 0 Å². The summed E-state index contributed by atoms with van der Waals surface area (Å²) in [5.41, 5.74) is 8.90. The van der Waals surface area contributed by atoms with Crippen molar-refractivity contribution in [3.63, 3.8) is 0 Å². The first-order valence-corrected chi connectivity index (χ1v) is 7.44. The molecule has 4 rings (SSSR count). The molecule has 0 fully saturated rings. The van der Waals surface area contributed by atoms with E-state index in [0.717, 1.165) is 22.7 Å². The third kappa shape index (κ3) is 1.71. The van der Waals surface area contributed by atoms with Crippen molar-refractivity contribution >= 4 is 32.9 Å². The highest BCUT2D eigenvalue weighted by Crippen LogP contribution is 2.37. The molecule has 4 aromatic rings. The molecule has 0 unspecified atom stereocenters. The van der Waals surface area contributed by atoms with Crippen LogP contribution in [0.3, 0.4) is 0 Å². The molecule has 5 heteroatoms. The number of ether oxygens (including phenoxy) is 1. The molecule has 0 bridgehead atoms. The molecule has 1 aromatic carbocycles. The number of nitrogens with two attached hydrogens (primary N) is 1. The van der Waals surface area contributed by atoms with Crippen LogP contribution in [0.4, 0.5) is 5.82 Å². The average Bonchev–Trinajstić information content (AvgIpc) is 3.09. The van der Waals surface area contributed by atoms with Gasteiger partial charge in [0.15, 0.2) is 11.4 Å². The number of hydrogen-bond acceptors (Lipinski definition) is 4. The Morgan fingerprint density at radius 2 is 2.05 bits per heavy atom. The molecule has 2 N–H and O–H groups in total. The Kier molecular flexibility index (Phi) is 2.62. The second kappa shape index (κ2) is 4.49. The minimum Gasteiger partial charge on any atom is -0.493 e. The van der Waals surface area contributed by atoms with Gasteiger partial charge < -0.3 is 10.5 Å². The summed E-state index contributed by atoms with van der Waals surface area (Å²) in [4.78, 5) is 4.70. The molecular weight excluding hydrogens is 282 g/mol. The van der Waals surface area contributed by atoms with Crippen LogP contribution < -0.4 is 10.5 Å². The highest BCUT2D eigenvalue weighted by atomic mass is 32.1. The Morgan fingerprint density at radius 3 is 2.90 bits per heavy atom. The largest absolute Gasteiger partial charge is 0.493 e. The van der Waals surface area contributed by atoms with Gasteiger partial charge in [-0.1, -0.05) is 18.2 Å². The Bertz CT molecular complexity index is 955. The number of thiophene rings is 1. The molecule has 104 valence electrons. The molecule has 3 aromatic heterocycles. The molecular formula is C16H13N3OS. The van der Waals surface area contributed by atoms with Gasteiger partial charge in [0.05, 0.1) is 7.11 Å². The van der Waals surface area contributed by atoms with Crippen molar-refractivity contribution in [2.24, 2.45) is 0 Å². The van der Waals surface area contributed by atoms with Gasteiger partial charge in [0.2, 0.25) is 0 Å². The van der Waals surface area contributed by atoms with Crippen molar-refractivity contribution in [1.82, 2.24) is 9.38 Å². The van der Waals surface area contributed by atoms with Crippen molar-refractivity contribution in [3.8, 4) is 17.0 Å². The van der Waals surface area contributed by atoms with Crippen LogP contribution >= 0.6 is 11.3 Å². The molecule has 3 heterocycles. The van der Waals surface area contributed by atoms with Crippen LogP contribution in [0.15, 0.2) is 48.0 Å². The zero-order valence-corrected chi connectivity index (χ0v) is 12.2. The molecule has 0 amide bonds. The summed E-state index contributed by atoms with van der Waals surface area (Å²) in [6.07, 6.45) is 1.90. The molecule has 0 aliphatic rings. The zero-order chi connectivity index (χ0) is 14.4. The summed E-state index contributed by atoms with van der Waals surface area (Å²) in [7, 11) is 1.64. The Morgan fingerprint density at radius 1 is 1.19 bits per heavy atom. The van der Waals surface area contributed by atoms with Gasteiger partial charge in [-0.25, -0.2) is 4.98 Å². The van der Waals surface area contributed by atoms with Crippen molar-refractivity contribution in [1.29, 1.82) is 0 Å². The molecule has 0 saturated carbocycles. The maximum atomic E-state index is 6.29. The maximum Gasteiger partial charge on any atom is 0.181 e. The molecule has 0 atom stereocenters. The molecule has 0 saturated heterocycles. The van der Waals surface area contributed by atoms with Gasteiger partial charge in [-0.05, 0) is 18.2 Å². The van der Waals surface area contributed by atoms with Crippen molar-refractivity contribution in [2.45, 2.75) is 0 Å². The van der Waals surface area contributed by atoms with E-state index in [1.807, 2.05) is 34.9 Å². The van der Waals surface area contributed by atoms with E-state index in [4.69, 9.17) is 15.5 Å². The topological polar surface area (TPSA) is 52.5 Å². The molecule has 21 heavy (non-hydrogen) atoms. The number of nitrogen functional groups attached to an aromatic ring is 1. The SMILES string of the molecule is COc1cccn2c(N)c(-c3csc4ccccc34)nc12. The molecule has 4 nitrogen and oxygen atoms in total. The van der Waals surface area contributed by atoms with Crippen molar-refractivity contribution in [2.75, 3.05) is 12.8 Å². The van der Waals surface area contributed by atoms with Gasteiger partial charge in [-0.15, -0.1) is 11.3 Å². The number of methoxy groups -OCH3 is 1. The van der Waals surface area contributed by atoms with Gasteiger partial charge in [-0.2, -0.15) is 0 Å². The molecule has 0 aliphatic carbocycles. The lowest BCUT2D eigenvalue weighted by atomic mass is 10.1. The standard InChI is InChI=1S/C16H13N3OS/c1-20-12-6-4-8-19-15(17)14(18-16(12)19)11-9-21-13-7-3-2-5-10(11)13/h2-9H,17H2,1H3. The lowest BCUT2D eigenvalue weighted by molar-refractivity contribution is 0.417. The Labute approximate surface area is 125 Å². The minimum absolute atomic E-state index is 0.632. The summed E-state index contributed by atoms with van der Waals surface area (Å²) in [5.74, 6) is 1.35. The van der Waals surface area contributed by atoms with Crippen LogP contribution in [0.2, 0.25) is 0 Å². The fourth-order valence-electron chi connectivity index (χ4n) is 2.58. The van der Waals surface area contributed by atoms with Crippen LogP contribution in [-0.2, 0) is 0 Å². The molecule has 0 aliphatic heterocycles. The van der Waals surface area contributed by atoms with Crippen LogP contribution in [0, 0.1) is 0 Å². The third-order valence-electron chi connectivity index (χ3n) is 3.61. The predicted molar refractivity (Wildman–Crippen MR) is 87.0 cm³/mol. The van der Waals surface area contributed by atoms with Gasteiger partial charge in [0.1, 0.15) is 11.5 Å². The third-order valence-corrected chi connectivity index (χ3v) is 4.57. The summed E-state index contributed by atoms with van der Waals surface area (Å²) in [6, 6.07) is 12.1. The summed E-state index contributed by atoms with van der Waals surface area (Å²) in [5, 5.41) is 3.28. The van der Waals surface area contributed by atoms with Gasteiger partial charge >= 0.3 is 0 Å². The van der Waals surface area contributed by atoms with Crippen LogP contribution in [0.5, 0.6) is 5.75 Å². The monoisotopic (exact) mass is 295 g/mol. The van der Waals surface area contributed by atoms with Crippen LogP contribution in [-0.4, -0.2) is 16.5 Å². The number of anilines is 1. The number of nitrogens with zero attached hydrogens (tertiary/aromatic N) is 2. The predicted octanol–water partition coefficient (Wildman–Crippen LogP) is 3.81. The number of fused-ring (bicyclic) bond motifs is 2. The average molecular weight is 295 g/mol. The van der Waals surface area contributed by atoms with E-state index in [-0.39, 0.29) is 0 Å². The lowest BCUT2D eigenvalue weighted by Crippen LogP contribution is -1.94. The van der Waals surface area contributed by atoms with E-state index in [1.165, 1.54) is 10.1 Å². The highest BCUT2D eigenvalue weighted by molar-refractivity contribution is 7.17. The normalized spacial score (nSPS) is 11.3. The molecule has 0 spiro atoms. The second-order valence-corrected chi connectivity index (χ2v) is 5.67. The zero-order valence-electron chi connectivity index (χ0n) is 11.4. The highest BCUT2D eigenvalue weighted by Gasteiger charge is 2.16. The Balaban J connectivity index is 2.05. The smallest absolute Gasteiger partial charge is 0.181 e. The van der Waals surface area contributed by atoms with Gasteiger partial charge in [0, 0.05) is 27.2 Å². The number of benzene rings is 1. The number of rotatable bonds is 2. The second-order valence-electron chi connectivity index (χ2n) is 4.76. The van der Waals surface area contributed by atoms with Crippen LogP contribution in [0.25, 0.3) is 27.0 Å². The van der Waals surface area contributed by atoms with Gasteiger partial charge in [-0.3, -0.25) is 4.40 Å². The first kappa shape index (κ1) is 12.2. The number of pyridine rings is 1. The van der Waals surface area contributed by atoms with E-state index >= 15 is 0 Å². The van der Waals surface area contributed by atoms with Gasteiger partial charge in [0.25, 0.3) is 0 Å². The lowest BCUT2D eigenvalue weighted by Gasteiger charge is -2.01. The van der Waals surface area contributed by atoms with Crippen molar-refractivity contribution in [3.05, 3.63) is 48.0 Å². The first-order chi connectivity index (χ1) is 10.3. The fourth-order valence-corrected chi connectivity index (χ4v) is 3.53. The number of aromatic nitrogens is 2. The maximum absolute atomic E-state index is 6.29.